The maximum absolute atomic E-state index is 8.73. The predicted molar refractivity (Wildman–Crippen MR) is 54.8 cm³/mol. The van der Waals surface area contributed by atoms with Crippen LogP contribution < -0.4 is 0 Å². The monoisotopic (exact) mass is 190 g/mol. The fraction of sp³-hybridized carbons (Fsp3) is 1.00. The largest absolute Gasteiger partial charge is 0.420 e. The van der Waals surface area contributed by atoms with Crippen LogP contribution in [0.2, 0.25) is 18.6 Å². The fourth-order valence-electron chi connectivity index (χ4n) is 1.60. The predicted octanol–water partition coefficient (Wildman–Crippen LogP) is 2.25. The van der Waals surface area contributed by atoms with Crippen molar-refractivity contribution < 1.29 is 9.53 Å². The van der Waals surface area contributed by atoms with Gasteiger partial charge in [-0.3, -0.25) is 0 Å². The molecule has 1 unspecified atom stereocenters. The van der Waals surface area contributed by atoms with Gasteiger partial charge in [0.25, 0.3) is 0 Å². The highest BCUT2D eigenvalue weighted by Gasteiger charge is 2.27. The lowest BCUT2D eigenvalue weighted by molar-refractivity contribution is 0.289. The Kier molecular flexibility index (Phi) is 5.79. The van der Waals surface area contributed by atoms with Gasteiger partial charge in [-0.2, -0.15) is 0 Å². The molecule has 0 heterocycles. The second kappa shape index (κ2) is 5.73. The Morgan fingerprint density at radius 1 is 1.42 bits per heavy atom. The molecule has 0 aliphatic heterocycles. The van der Waals surface area contributed by atoms with Crippen molar-refractivity contribution >= 4 is 8.32 Å². The number of hydrogen-bond acceptors (Lipinski definition) is 2. The molecule has 0 fully saturated rings. The van der Waals surface area contributed by atoms with Crippen molar-refractivity contribution in [1.29, 1.82) is 0 Å². The summed E-state index contributed by atoms with van der Waals surface area (Å²) in [5, 5.41) is 8.73. The molecule has 2 nitrogen and oxygen atoms in total. The highest BCUT2D eigenvalue weighted by molar-refractivity contribution is 6.72. The Balaban J connectivity index is 3.86. The molecule has 12 heavy (non-hydrogen) atoms. The molecule has 0 aliphatic rings. The summed E-state index contributed by atoms with van der Waals surface area (Å²) in [6, 6.07) is 2.28. The van der Waals surface area contributed by atoms with Gasteiger partial charge in [0, 0.05) is 13.7 Å². The van der Waals surface area contributed by atoms with Crippen molar-refractivity contribution in [3.8, 4) is 0 Å². The highest BCUT2D eigenvalue weighted by Crippen LogP contribution is 2.22. The van der Waals surface area contributed by atoms with Crippen LogP contribution in [0.1, 0.15) is 20.3 Å². The van der Waals surface area contributed by atoms with Crippen LogP contribution in [0.25, 0.3) is 0 Å². The molecule has 0 saturated heterocycles. The van der Waals surface area contributed by atoms with Crippen LogP contribution in [-0.2, 0) is 4.43 Å². The SMILES string of the molecule is CO[Si](C)(CCCO)CC(C)C. The van der Waals surface area contributed by atoms with Crippen LogP contribution in [0.3, 0.4) is 0 Å². The molecule has 3 heteroatoms. The lowest BCUT2D eigenvalue weighted by atomic mass is 10.3. The Bertz CT molecular complexity index is 117. The topological polar surface area (TPSA) is 29.5 Å². The van der Waals surface area contributed by atoms with E-state index in [9.17, 15) is 0 Å². The fourth-order valence-corrected chi connectivity index (χ4v) is 4.81. The van der Waals surface area contributed by atoms with Crippen LogP contribution >= 0.6 is 0 Å². The normalized spacial score (nSPS) is 16.5. The van der Waals surface area contributed by atoms with E-state index >= 15 is 0 Å². The average Bonchev–Trinajstić information content (AvgIpc) is 2.00. The van der Waals surface area contributed by atoms with E-state index in [4.69, 9.17) is 9.53 Å². The Morgan fingerprint density at radius 3 is 2.33 bits per heavy atom. The molecule has 0 amide bonds. The van der Waals surface area contributed by atoms with Crippen molar-refractivity contribution in [3.05, 3.63) is 0 Å². The van der Waals surface area contributed by atoms with Gasteiger partial charge in [-0.15, -0.1) is 0 Å². The second-order valence-electron chi connectivity index (χ2n) is 4.08. The molecule has 1 N–H and O–H groups in total. The maximum atomic E-state index is 8.73. The zero-order chi connectivity index (χ0) is 9.61. The van der Waals surface area contributed by atoms with Gasteiger partial charge in [0.2, 0.25) is 0 Å². The van der Waals surface area contributed by atoms with E-state index in [1.54, 1.807) is 0 Å². The summed E-state index contributed by atoms with van der Waals surface area (Å²) in [6.07, 6.45) is 0.892. The molecule has 1 atom stereocenters. The molecule has 0 aromatic rings. The van der Waals surface area contributed by atoms with E-state index in [2.05, 4.69) is 20.4 Å². The van der Waals surface area contributed by atoms with E-state index in [0.717, 1.165) is 12.5 Å². The van der Waals surface area contributed by atoms with Gasteiger partial charge in [0.05, 0.1) is 0 Å². The third kappa shape index (κ3) is 4.90. The van der Waals surface area contributed by atoms with Crippen molar-refractivity contribution in [3.63, 3.8) is 0 Å². The third-order valence-corrected chi connectivity index (χ3v) is 6.27. The summed E-state index contributed by atoms with van der Waals surface area (Å²) >= 11 is 0. The molecular formula is C9H22O2Si. The smallest absolute Gasteiger partial charge is 0.189 e. The average molecular weight is 190 g/mol. The molecule has 0 aliphatic carbocycles. The second-order valence-corrected chi connectivity index (χ2v) is 8.30. The lowest BCUT2D eigenvalue weighted by Crippen LogP contribution is -2.34. The molecule has 0 rings (SSSR count). The Morgan fingerprint density at radius 2 is 2.00 bits per heavy atom. The van der Waals surface area contributed by atoms with Crippen LogP contribution in [0, 0.1) is 5.92 Å². The molecule has 0 aromatic heterocycles. The molecule has 0 radical (unpaired) electrons. The van der Waals surface area contributed by atoms with E-state index in [0.29, 0.717) is 12.5 Å². The first-order chi connectivity index (χ1) is 5.54. The van der Waals surface area contributed by atoms with Gasteiger partial charge < -0.3 is 9.53 Å². The van der Waals surface area contributed by atoms with Crippen LogP contribution in [0.15, 0.2) is 0 Å². The van der Waals surface area contributed by atoms with E-state index in [1.807, 2.05) is 7.11 Å². The summed E-state index contributed by atoms with van der Waals surface area (Å²) < 4.78 is 5.58. The first-order valence-corrected chi connectivity index (χ1v) is 7.52. The number of aliphatic hydroxyl groups is 1. The summed E-state index contributed by atoms with van der Waals surface area (Å²) in [4.78, 5) is 0. The zero-order valence-corrected chi connectivity index (χ0v) is 9.76. The van der Waals surface area contributed by atoms with Gasteiger partial charge in [-0.05, 0) is 31.0 Å². The van der Waals surface area contributed by atoms with Crippen molar-refractivity contribution in [2.75, 3.05) is 13.7 Å². The number of rotatable bonds is 6. The summed E-state index contributed by atoms with van der Waals surface area (Å²) in [6.45, 7) is 7.00. The first-order valence-electron chi connectivity index (χ1n) is 4.70. The van der Waals surface area contributed by atoms with Gasteiger partial charge in [-0.25, -0.2) is 0 Å². The summed E-state index contributed by atoms with van der Waals surface area (Å²) in [7, 11) is 0.344. The van der Waals surface area contributed by atoms with Gasteiger partial charge >= 0.3 is 0 Å². The van der Waals surface area contributed by atoms with E-state index < -0.39 is 8.32 Å². The lowest BCUT2D eigenvalue weighted by Gasteiger charge is -2.26. The van der Waals surface area contributed by atoms with E-state index in [-0.39, 0.29) is 0 Å². The Labute approximate surface area is 77.1 Å². The Hall–Kier alpha value is 0.137. The standard InChI is InChI=1S/C9H22O2Si/c1-9(2)8-12(4,11-3)7-5-6-10/h9-10H,5-8H2,1-4H3. The summed E-state index contributed by atoms with van der Waals surface area (Å²) in [5.74, 6) is 0.709. The quantitative estimate of drug-likeness (QED) is 0.651. The number of aliphatic hydroxyl groups excluding tert-OH is 1. The molecule has 0 aromatic carbocycles. The summed E-state index contributed by atoms with van der Waals surface area (Å²) in [5.41, 5.74) is 0. The van der Waals surface area contributed by atoms with Gasteiger partial charge in [0.15, 0.2) is 8.32 Å². The first kappa shape index (κ1) is 12.1. The zero-order valence-electron chi connectivity index (χ0n) is 8.76. The molecular weight excluding hydrogens is 168 g/mol. The molecule has 0 bridgehead atoms. The minimum absolute atomic E-state index is 0.296. The van der Waals surface area contributed by atoms with Gasteiger partial charge in [-0.1, -0.05) is 13.8 Å². The van der Waals surface area contributed by atoms with E-state index in [1.165, 1.54) is 6.04 Å². The third-order valence-electron chi connectivity index (χ3n) is 2.20. The minimum Gasteiger partial charge on any atom is -0.420 e. The number of hydrogen-bond donors (Lipinski definition) is 1. The highest BCUT2D eigenvalue weighted by atomic mass is 28.4. The van der Waals surface area contributed by atoms with Crippen LogP contribution in [-0.4, -0.2) is 27.1 Å². The van der Waals surface area contributed by atoms with Crippen molar-refractivity contribution in [1.82, 2.24) is 0 Å². The molecule has 0 saturated carbocycles. The van der Waals surface area contributed by atoms with Crippen LogP contribution in [0.4, 0.5) is 0 Å². The van der Waals surface area contributed by atoms with Gasteiger partial charge in [0.1, 0.15) is 0 Å². The van der Waals surface area contributed by atoms with Crippen molar-refractivity contribution in [2.45, 2.75) is 38.9 Å². The minimum atomic E-state index is -1.47. The molecule has 0 spiro atoms. The van der Waals surface area contributed by atoms with Crippen LogP contribution in [0.5, 0.6) is 0 Å². The maximum Gasteiger partial charge on any atom is 0.189 e. The van der Waals surface area contributed by atoms with Crippen molar-refractivity contribution in [2.24, 2.45) is 5.92 Å². The molecule has 74 valence electrons.